The van der Waals surface area contributed by atoms with Crippen LogP contribution in [0.4, 0.5) is 10.7 Å². The van der Waals surface area contributed by atoms with Crippen LogP contribution in [0.2, 0.25) is 0 Å². The number of thiophene rings is 1. The van der Waals surface area contributed by atoms with E-state index < -0.39 is 21.8 Å². The van der Waals surface area contributed by atoms with Gasteiger partial charge in [-0.3, -0.25) is 14.3 Å². The van der Waals surface area contributed by atoms with Crippen molar-refractivity contribution in [2.75, 3.05) is 10.0 Å². The van der Waals surface area contributed by atoms with Crippen molar-refractivity contribution < 1.29 is 18.0 Å². The van der Waals surface area contributed by atoms with Crippen molar-refractivity contribution in [3.8, 4) is 0 Å². The summed E-state index contributed by atoms with van der Waals surface area (Å²) in [6.45, 7) is 0. The van der Waals surface area contributed by atoms with Gasteiger partial charge in [0.2, 0.25) is 0 Å². The molecule has 0 bridgehead atoms. The molecule has 7 nitrogen and oxygen atoms in total. The van der Waals surface area contributed by atoms with Crippen molar-refractivity contribution in [3.05, 3.63) is 77.2 Å². The molecule has 27 heavy (non-hydrogen) atoms. The Hall–Kier alpha value is -3.17. The lowest BCUT2D eigenvalue weighted by atomic mass is 10.1. The molecular weight excluding hydrogens is 386 g/mol. The molecule has 0 aliphatic rings. The van der Waals surface area contributed by atoms with Gasteiger partial charge in [-0.15, -0.1) is 11.3 Å². The van der Waals surface area contributed by atoms with E-state index in [1.165, 1.54) is 30.3 Å². The van der Waals surface area contributed by atoms with Crippen molar-refractivity contribution in [1.82, 2.24) is 0 Å². The van der Waals surface area contributed by atoms with Crippen LogP contribution >= 0.6 is 11.3 Å². The summed E-state index contributed by atoms with van der Waals surface area (Å²) in [5.41, 5.74) is 5.70. The van der Waals surface area contributed by atoms with Crippen LogP contribution in [0.3, 0.4) is 0 Å². The average molecular weight is 401 g/mol. The zero-order chi connectivity index (χ0) is 19.4. The number of hydrogen-bond donors (Lipinski definition) is 3. The first-order valence-electron chi connectivity index (χ1n) is 7.74. The minimum atomic E-state index is -3.85. The minimum absolute atomic E-state index is 0.0782. The Balaban J connectivity index is 1.89. The Kier molecular flexibility index (Phi) is 5.24. The van der Waals surface area contributed by atoms with Gasteiger partial charge in [0.25, 0.3) is 21.8 Å². The van der Waals surface area contributed by atoms with Gasteiger partial charge in [0.1, 0.15) is 5.00 Å². The summed E-state index contributed by atoms with van der Waals surface area (Å²) >= 11 is 1.15. The van der Waals surface area contributed by atoms with E-state index >= 15 is 0 Å². The average Bonchev–Trinajstić information content (AvgIpc) is 3.11. The molecule has 3 rings (SSSR count). The van der Waals surface area contributed by atoms with Gasteiger partial charge in [-0.2, -0.15) is 0 Å². The van der Waals surface area contributed by atoms with E-state index in [1.54, 1.807) is 35.7 Å². The summed E-state index contributed by atoms with van der Waals surface area (Å²) in [5.74, 6) is -1.23. The molecule has 1 heterocycles. The van der Waals surface area contributed by atoms with Gasteiger partial charge in [0.15, 0.2) is 0 Å². The second-order valence-electron chi connectivity index (χ2n) is 5.45. The molecule has 0 atom stereocenters. The SMILES string of the molecule is NC(=O)c1ccsc1NC(=O)c1ccccc1NS(=O)(=O)c1ccccc1. The van der Waals surface area contributed by atoms with E-state index in [9.17, 15) is 18.0 Å². The lowest BCUT2D eigenvalue weighted by Crippen LogP contribution is -2.19. The number of hydrogen-bond acceptors (Lipinski definition) is 5. The lowest BCUT2D eigenvalue weighted by molar-refractivity contribution is 0.100. The number of primary amides is 1. The first-order chi connectivity index (χ1) is 12.9. The molecule has 138 valence electrons. The molecule has 3 aromatic rings. The van der Waals surface area contributed by atoms with Crippen LogP contribution < -0.4 is 15.8 Å². The van der Waals surface area contributed by atoms with E-state index in [4.69, 9.17) is 5.73 Å². The van der Waals surface area contributed by atoms with Gasteiger partial charge < -0.3 is 11.1 Å². The quantitative estimate of drug-likeness (QED) is 0.588. The summed E-state index contributed by atoms with van der Waals surface area (Å²) in [5, 5.41) is 4.52. The summed E-state index contributed by atoms with van der Waals surface area (Å²) in [6, 6.07) is 15.5. The largest absolute Gasteiger partial charge is 0.366 e. The standard InChI is InChI=1S/C18H15N3O4S2/c19-16(22)14-10-11-26-18(14)20-17(23)13-8-4-5-9-15(13)21-27(24,25)12-6-2-1-3-7-12/h1-11,21H,(H2,19,22)(H,20,23). The van der Waals surface area contributed by atoms with Crippen LogP contribution in [0.25, 0.3) is 0 Å². The predicted molar refractivity (Wildman–Crippen MR) is 104 cm³/mol. The van der Waals surface area contributed by atoms with Gasteiger partial charge in [-0.25, -0.2) is 8.42 Å². The van der Waals surface area contributed by atoms with E-state index in [0.29, 0.717) is 5.00 Å². The van der Waals surface area contributed by atoms with Gasteiger partial charge in [0, 0.05) is 0 Å². The summed E-state index contributed by atoms with van der Waals surface area (Å²) < 4.78 is 27.5. The van der Waals surface area contributed by atoms with Crippen molar-refractivity contribution in [2.24, 2.45) is 5.73 Å². The first-order valence-corrected chi connectivity index (χ1v) is 10.1. The molecule has 9 heteroatoms. The molecule has 0 saturated carbocycles. The number of anilines is 2. The van der Waals surface area contributed by atoms with E-state index in [1.807, 2.05) is 0 Å². The predicted octanol–water partition coefficient (Wildman–Crippen LogP) is 2.90. The molecule has 0 saturated heterocycles. The van der Waals surface area contributed by atoms with Crippen LogP contribution in [-0.2, 0) is 10.0 Å². The molecule has 0 fully saturated rings. The molecular formula is C18H15N3O4S2. The Labute approximate surface area is 159 Å². The monoisotopic (exact) mass is 401 g/mol. The number of para-hydroxylation sites is 1. The second kappa shape index (κ2) is 7.60. The Bertz CT molecular complexity index is 1090. The fourth-order valence-electron chi connectivity index (χ4n) is 2.34. The lowest BCUT2D eigenvalue weighted by Gasteiger charge is -2.12. The maximum absolute atomic E-state index is 12.6. The minimum Gasteiger partial charge on any atom is -0.366 e. The van der Waals surface area contributed by atoms with Gasteiger partial charge in [0.05, 0.1) is 21.7 Å². The summed E-state index contributed by atoms with van der Waals surface area (Å²) in [6.07, 6.45) is 0. The molecule has 0 radical (unpaired) electrons. The Morgan fingerprint density at radius 1 is 0.889 bits per heavy atom. The smallest absolute Gasteiger partial charge is 0.261 e. The molecule has 0 aliphatic heterocycles. The highest BCUT2D eigenvalue weighted by Gasteiger charge is 2.20. The number of carbonyl (C=O) groups is 2. The molecule has 0 spiro atoms. The van der Waals surface area contributed by atoms with E-state index in [-0.39, 0.29) is 21.7 Å². The third-order valence-corrected chi connectivity index (χ3v) is 5.84. The Morgan fingerprint density at radius 2 is 1.56 bits per heavy atom. The van der Waals surface area contributed by atoms with Crippen molar-refractivity contribution in [3.63, 3.8) is 0 Å². The molecule has 0 unspecified atom stereocenters. The number of benzene rings is 2. The molecule has 2 aromatic carbocycles. The third-order valence-electron chi connectivity index (χ3n) is 3.63. The Morgan fingerprint density at radius 3 is 2.26 bits per heavy atom. The number of rotatable bonds is 6. The van der Waals surface area contributed by atoms with Crippen LogP contribution in [-0.4, -0.2) is 20.2 Å². The number of nitrogens with one attached hydrogen (secondary N) is 2. The highest BCUT2D eigenvalue weighted by atomic mass is 32.2. The van der Waals surface area contributed by atoms with Crippen LogP contribution in [0.5, 0.6) is 0 Å². The molecule has 4 N–H and O–H groups in total. The normalized spacial score (nSPS) is 11.0. The van der Waals surface area contributed by atoms with Gasteiger partial charge in [-0.1, -0.05) is 30.3 Å². The van der Waals surface area contributed by atoms with Crippen molar-refractivity contribution in [2.45, 2.75) is 4.90 Å². The fraction of sp³-hybridized carbons (Fsp3) is 0. The zero-order valence-electron chi connectivity index (χ0n) is 13.9. The summed E-state index contributed by atoms with van der Waals surface area (Å²) in [4.78, 5) is 24.1. The van der Waals surface area contributed by atoms with Crippen LogP contribution in [0.15, 0.2) is 70.9 Å². The fourth-order valence-corrected chi connectivity index (χ4v) is 4.23. The third kappa shape index (κ3) is 4.15. The highest BCUT2D eigenvalue weighted by Crippen LogP contribution is 2.26. The van der Waals surface area contributed by atoms with Crippen LogP contribution in [0.1, 0.15) is 20.7 Å². The zero-order valence-corrected chi connectivity index (χ0v) is 15.5. The van der Waals surface area contributed by atoms with Crippen molar-refractivity contribution >= 4 is 43.9 Å². The summed E-state index contributed by atoms with van der Waals surface area (Å²) in [7, 11) is -3.85. The maximum Gasteiger partial charge on any atom is 0.261 e. The van der Waals surface area contributed by atoms with E-state index in [0.717, 1.165) is 11.3 Å². The van der Waals surface area contributed by atoms with E-state index in [2.05, 4.69) is 10.0 Å². The van der Waals surface area contributed by atoms with Crippen molar-refractivity contribution in [1.29, 1.82) is 0 Å². The molecule has 2 amide bonds. The first kappa shape index (κ1) is 18.6. The second-order valence-corrected chi connectivity index (χ2v) is 8.04. The number of amides is 2. The topological polar surface area (TPSA) is 118 Å². The molecule has 0 aliphatic carbocycles. The van der Waals surface area contributed by atoms with Gasteiger partial charge >= 0.3 is 0 Å². The van der Waals surface area contributed by atoms with Gasteiger partial charge in [-0.05, 0) is 35.7 Å². The number of nitrogens with two attached hydrogens (primary N) is 1. The van der Waals surface area contributed by atoms with Crippen LogP contribution in [0, 0.1) is 0 Å². The molecule has 1 aromatic heterocycles. The highest BCUT2D eigenvalue weighted by molar-refractivity contribution is 7.92. The number of sulfonamides is 1. The maximum atomic E-state index is 12.6. The number of carbonyl (C=O) groups excluding carboxylic acids is 2.